The molecule has 1 fully saturated rings. The summed E-state index contributed by atoms with van der Waals surface area (Å²) in [5.41, 5.74) is -0.646. The molecule has 0 spiro atoms. The minimum absolute atomic E-state index is 0.222. The summed E-state index contributed by atoms with van der Waals surface area (Å²) < 4.78 is 21.0. The van der Waals surface area contributed by atoms with Gasteiger partial charge in [0.05, 0.1) is 19.1 Å². The molecular weight excluding hydrogens is 212 g/mol. The summed E-state index contributed by atoms with van der Waals surface area (Å²) in [7, 11) is 4.49. The Morgan fingerprint density at radius 2 is 2.12 bits per heavy atom. The molecule has 5 nitrogen and oxygen atoms in total. The Bertz CT molecular complexity index is 309. The molecule has 0 aromatic carbocycles. The van der Waals surface area contributed by atoms with Crippen LogP contribution < -0.4 is 0 Å². The van der Waals surface area contributed by atoms with E-state index in [1.54, 1.807) is 14.2 Å². The fourth-order valence-corrected chi connectivity index (χ4v) is 2.48. The number of esters is 1. The van der Waals surface area contributed by atoms with Crippen LogP contribution in [0.15, 0.2) is 12.2 Å². The van der Waals surface area contributed by atoms with Crippen LogP contribution in [0, 0.1) is 5.92 Å². The van der Waals surface area contributed by atoms with E-state index in [0.717, 1.165) is 0 Å². The Balaban J connectivity index is 2.16. The number of carbonyl (C=O) groups is 1. The van der Waals surface area contributed by atoms with E-state index in [9.17, 15) is 4.79 Å². The first-order valence-corrected chi connectivity index (χ1v) is 5.17. The standard InChI is InChI=1S/C11H16O5/c1-13-9(12)7-6-11(10(14-2)15-3)5-4-8(7)16-11/h4-5,7-8,10H,6H2,1-3H3. The van der Waals surface area contributed by atoms with Crippen molar-refractivity contribution in [2.75, 3.05) is 21.3 Å². The number of carbonyl (C=O) groups excluding carboxylic acids is 1. The lowest BCUT2D eigenvalue weighted by Crippen LogP contribution is -2.42. The highest BCUT2D eigenvalue weighted by Gasteiger charge is 2.56. The maximum absolute atomic E-state index is 11.5. The highest BCUT2D eigenvalue weighted by atomic mass is 16.7. The Morgan fingerprint density at radius 3 is 2.69 bits per heavy atom. The summed E-state index contributed by atoms with van der Waals surface area (Å²) in [6.45, 7) is 0. The van der Waals surface area contributed by atoms with Crippen molar-refractivity contribution in [3.8, 4) is 0 Å². The quantitative estimate of drug-likeness (QED) is 0.398. The maximum atomic E-state index is 11.5. The Morgan fingerprint density at radius 1 is 1.44 bits per heavy atom. The van der Waals surface area contributed by atoms with Crippen molar-refractivity contribution in [1.82, 2.24) is 0 Å². The average Bonchev–Trinajstić information content (AvgIpc) is 2.88. The van der Waals surface area contributed by atoms with Gasteiger partial charge in [-0.25, -0.2) is 0 Å². The fraction of sp³-hybridized carbons (Fsp3) is 0.727. The lowest BCUT2D eigenvalue weighted by atomic mass is 9.86. The summed E-state index contributed by atoms with van der Waals surface area (Å²) in [6.07, 6.45) is 3.60. The van der Waals surface area contributed by atoms with Crippen molar-refractivity contribution < 1.29 is 23.7 Å². The monoisotopic (exact) mass is 228 g/mol. The van der Waals surface area contributed by atoms with Gasteiger partial charge in [-0.05, 0) is 6.08 Å². The summed E-state index contributed by atoms with van der Waals surface area (Å²) in [6, 6.07) is 0. The van der Waals surface area contributed by atoms with Gasteiger partial charge < -0.3 is 18.9 Å². The van der Waals surface area contributed by atoms with Gasteiger partial charge in [0.15, 0.2) is 6.29 Å². The van der Waals surface area contributed by atoms with Gasteiger partial charge in [-0.3, -0.25) is 4.79 Å². The molecule has 2 heterocycles. The van der Waals surface area contributed by atoms with Gasteiger partial charge in [0.25, 0.3) is 0 Å². The van der Waals surface area contributed by atoms with E-state index in [2.05, 4.69) is 0 Å². The molecule has 16 heavy (non-hydrogen) atoms. The van der Waals surface area contributed by atoms with Crippen LogP contribution in [-0.2, 0) is 23.7 Å². The van der Waals surface area contributed by atoms with Crippen LogP contribution >= 0.6 is 0 Å². The Labute approximate surface area is 94.3 Å². The molecule has 2 aliphatic heterocycles. The third-order valence-corrected chi connectivity index (χ3v) is 3.19. The SMILES string of the molecule is COC(=O)C1CC2(C(OC)OC)C=CC1O2. The van der Waals surface area contributed by atoms with Gasteiger partial charge in [-0.15, -0.1) is 0 Å². The smallest absolute Gasteiger partial charge is 0.311 e. The molecule has 2 rings (SSSR count). The third-order valence-electron chi connectivity index (χ3n) is 3.19. The van der Waals surface area contributed by atoms with Crippen molar-refractivity contribution >= 4 is 5.97 Å². The van der Waals surface area contributed by atoms with E-state index in [1.165, 1.54) is 7.11 Å². The lowest BCUT2D eigenvalue weighted by molar-refractivity contribution is -0.199. The number of rotatable bonds is 4. The molecule has 0 aromatic heterocycles. The van der Waals surface area contributed by atoms with Gasteiger partial charge in [0.2, 0.25) is 0 Å². The first-order chi connectivity index (χ1) is 7.66. The van der Waals surface area contributed by atoms with Crippen LogP contribution in [-0.4, -0.2) is 45.3 Å². The van der Waals surface area contributed by atoms with E-state index in [0.29, 0.717) is 6.42 Å². The van der Waals surface area contributed by atoms with Gasteiger partial charge in [-0.2, -0.15) is 0 Å². The third kappa shape index (κ3) is 1.55. The summed E-state index contributed by atoms with van der Waals surface area (Å²) in [4.78, 5) is 11.5. The first kappa shape index (κ1) is 11.6. The Hall–Kier alpha value is -0.910. The summed E-state index contributed by atoms with van der Waals surface area (Å²) in [5, 5.41) is 0. The normalized spacial score (nSPS) is 36.0. The number of methoxy groups -OCH3 is 3. The van der Waals surface area contributed by atoms with Crippen LogP contribution in [0.2, 0.25) is 0 Å². The van der Waals surface area contributed by atoms with Crippen LogP contribution in [0.5, 0.6) is 0 Å². The Kier molecular flexibility index (Phi) is 3.01. The number of fused-ring (bicyclic) bond motifs is 2. The topological polar surface area (TPSA) is 54.0 Å². The van der Waals surface area contributed by atoms with Crippen molar-refractivity contribution in [2.45, 2.75) is 24.4 Å². The summed E-state index contributed by atoms with van der Waals surface area (Å²) >= 11 is 0. The van der Waals surface area contributed by atoms with E-state index >= 15 is 0 Å². The number of hydrogen-bond donors (Lipinski definition) is 0. The minimum atomic E-state index is -0.646. The molecule has 0 saturated carbocycles. The second-order valence-electron chi connectivity index (χ2n) is 4.03. The van der Waals surface area contributed by atoms with Gasteiger partial charge in [-0.1, -0.05) is 6.08 Å². The highest BCUT2D eigenvalue weighted by Crippen LogP contribution is 2.45. The zero-order valence-electron chi connectivity index (χ0n) is 9.64. The second kappa shape index (κ2) is 4.16. The van der Waals surface area contributed by atoms with Crippen molar-refractivity contribution in [1.29, 1.82) is 0 Å². The zero-order chi connectivity index (χ0) is 11.8. The van der Waals surface area contributed by atoms with E-state index in [4.69, 9.17) is 18.9 Å². The minimum Gasteiger partial charge on any atom is -0.469 e. The number of hydrogen-bond acceptors (Lipinski definition) is 5. The molecule has 90 valence electrons. The lowest BCUT2D eigenvalue weighted by Gasteiger charge is -2.30. The average molecular weight is 228 g/mol. The maximum Gasteiger partial charge on any atom is 0.311 e. The van der Waals surface area contributed by atoms with Crippen molar-refractivity contribution in [3.63, 3.8) is 0 Å². The van der Waals surface area contributed by atoms with Crippen LogP contribution in [0.1, 0.15) is 6.42 Å². The summed E-state index contributed by atoms with van der Waals surface area (Å²) in [5.74, 6) is -0.509. The molecule has 0 amide bonds. The molecular formula is C11H16O5. The fourth-order valence-electron chi connectivity index (χ4n) is 2.48. The molecule has 0 aromatic rings. The predicted octanol–water partition coefficient (Wildman–Crippen LogP) is 0.492. The largest absolute Gasteiger partial charge is 0.469 e. The molecule has 3 unspecified atom stereocenters. The molecule has 5 heteroatoms. The number of ether oxygens (including phenoxy) is 4. The molecule has 3 atom stereocenters. The van der Waals surface area contributed by atoms with Crippen molar-refractivity contribution in [2.24, 2.45) is 5.92 Å². The predicted molar refractivity (Wildman–Crippen MR) is 54.7 cm³/mol. The molecule has 1 saturated heterocycles. The molecule has 2 bridgehead atoms. The van der Waals surface area contributed by atoms with Gasteiger partial charge >= 0.3 is 5.97 Å². The van der Waals surface area contributed by atoms with Crippen LogP contribution in [0.4, 0.5) is 0 Å². The second-order valence-corrected chi connectivity index (χ2v) is 4.03. The van der Waals surface area contributed by atoms with Gasteiger partial charge in [0.1, 0.15) is 5.60 Å². The van der Waals surface area contributed by atoms with Crippen LogP contribution in [0.3, 0.4) is 0 Å². The van der Waals surface area contributed by atoms with Crippen molar-refractivity contribution in [3.05, 3.63) is 12.2 Å². The molecule has 0 aliphatic carbocycles. The first-order valence-electron chi connectivity index (χ1n) is 5.17. The van der Waals surface area contributed by atoms with E-state index in [-0.39, 0.29) is 18.0 Å². The van der Waals surface area contributed by atoms with Gasteiger partial charge in [0, 0.05) is 20.6 Å². The van der Waals surface area contributed by atoms with E-state index < -0.39 is 11.9 Å². The molecule has 0 radical (unpaired) electrons. The molecule has 2 aliphatic rings. The van der Waals surface area contributed by atoms with E-state index in [1.807, 2.05) is 12.2 Å². The highest BCUT2D eigenvalue weighted by molar-refractivity contribution is 5.74. The van der Waals surface area contributed by atoms with Crippen LogP contribution in [0.25, 0.3) is 0 Å². The molecule has 0 N–H and O–H groups in total. The zero-order valence-corrected chi connectivity index (χ0v) is 9.64.